The maximum Gasteiger partial charge on any atom is 0.243 e. The lowest BCUT2D eigenvalue weighted by molar-refractivity contribution is -0.118. The van der Waals surface area contributed by atoms with Crippen LogP contribution < -0.4 is 5.32 Å². The van der Waals surface area contributed by atoms with E-state index in [1.165, 1.54) is 30.6 Å². The highest BCUT2D eigenvalue weighted by Gasteiger charge is 2.30. The van der Waals surface area contributed by atoms with Crippen LogP contribution in [0.5, 0.6) is 0 Å². The Kier molecular flexibility index (Phi) is 8.11. The minimum atomic E-state index is -3.56. The fourth-order valence-corrected chi connectivity index (χ4v) is 7.70. The first-order valence-corrected chi connectivity index (χ1v) is 15.5. The molecule has 8 nitrogen and oxygen atoms in total. The minimum absolute atomic E-state index is 0.134. The Bertz CT molecular complexity index is 1350. The Balaban J connectivity index is 1.37. The SMILES string of the molecule is CN1CCN(S(=O)(=O)c2ccc(C(CC3CCCCC3)C(=O)Nc3nc4ccc(Cl)nc4s3)cc2)CC1. The molecule has 0 spiro atoms. The number of hydrogen-bond donors (Lipinski definition) is 1. The summed E-state index contributed by atoms with van der Waals surface area (Å²) < 4.78 is 27.9. The number of rotatable bonds is 7. The van der Waals surface area contributed by atoms with E-state index in [0.29, 0.717) is 52.7 Å². The van der Waals surface area contributed by atoms with E-state index in [1.54, 1.807) is 40.7 Å². The van der Waals surface area contributed by atoms with Crippen LogP contribution in [0.4, 0.5) is 5.13 Å². The van der Waals surface area contributed by atoms with Crippen molar-refractivity contribution in [2.24, 2.45) is 5.92 Å². The van der Waals surface area contributed by atoms with Crippen molar-refractivity contribution in [2.75, 3.05) is 38.5 Å². The summed E-state index contributed by atoms with van der Waals surface area (Å²) in [7, 11) is -1.57. The second-order valence-corrected chi connectivity index (χ2v) is 13.3. The van der Waals surface area contributed by atoms with Crippen LogP contribution >= 0.6 is 22.9 Å². The largest absolute Gasteiger partial charge is 0.304 e. The van der Waals surface area contributed by atoms with Gasteiger partial charge >= 0.3 is 0 Å². The van der Waals surface area contributed by atoms with Gasteiger partial charge in [0.1, 0.15) is 15.5 Å². The van der Waals surface area contributed by atoms with Gasteiger partial charge in [-0.2, -0.15) is 4.31 Å². The van der Waals surface area contributed by atoms with E-state index in [2.05, 4.69) is 20.2 Å². The first-order valence-electron chi connectivity index (χ1n) is 12.8. The van der Waals surface area contributed by atoms with Crippen LogP contribution in [0.25, 0.3) is 10.3 Å². The predicted octanol–water partition coefficient (Wildman–Crippen LogP) is 4.97. The molecule has 1 aromatic carbocycles. The molecule has 0 radical (unpaired) electrons. The fraction of sp³-hybridized carbons (Fsp3) is 0.500. The summed E-state index contributed by atoms with van der Waals surface area (Å²) >= 11 is 7.30. The van der Waals surface area contributed by atoms with Crippen molar-refractivity contribution in [1.82, 2.24) is 19.2 Å². The van der Waals surface area contributed by atoms with E-state index >= 15 is 0 Å². The van der Waals surface area contributed by atoms with E-state index < -0.39 is 15.9 Å². The summed E-state index contributed by atoms with van der Waals surface area (Å²) in [6.07, 6.45) is 6.57. The number of nitrogens with zero attached hydrogens (tertiary/aromatic N) is 4. The van der Waals surface area contributed by atoms with Crippen molar-refractivity contribution in [3.63, 3.8) is 0 Å². The third kappa shape index (κ3) is 6.15. The third-order valence-corrected chi connectivity index (χ3v) is 10.4. The van der Waals surface area contributed by atoms with Crippen molar-refractivity contribution in [1.29, 1.82) is 0 Å². The molecule has 2 aliphatic rings. The monoisotopic (exact) mass is 561 g/mol. The number of aromatic nitrogens is 2. The van der Waals surface area contributed by atoms with Gasteiger partial charge < -0.3 is 10.2 Å². The summed E-state index contributed by atoms with van der Waals surface area (Å²) in [5.74, 6) is -0.0634. The molecule has 1 N–H and O–H groups in total. The average molecular weight is 562 g/mol. The average Bonchev–Trinajstić information content (AvgIpc) is 3.29. The molecule has 2 fully saturated rings. The molecule has 5 rings (SSSR count). The second kappa shape index (κ2) is 11.3. The number of sulfonamides is 1. The van der Waals surface area contributed by atoms with Gasteiger partial charge in [0.25, 0.3) is 0 Å². The Hall–Kier alpha value is -2.11. The zero-order valence-electron chi connectivity index (χ0n) is 20.9. The van der Waals surface area contributed by atoms with Crippen LogP contribution in [0.15, 0.2) is 41.3 Å². The predicted molar refractivity (Wildman–Crippen MR) is 148 cm³/mol. The van der Waals surface area contributed by atoms with E-state index in [9.17, 15) is 13.2 Å². The Morgan fingerprint density at radius 3 is 2.46 bits per heavy atom. The zero-order valence-corrected chi connectivity index (χ0v) is 23.3. The highest BCUT2D eigenvalue weighted by molar-refractivity contribution is 7.89. The number of thiazole rings is 1. The number of halogens is 1. The number of nitrogens with one attached hydrogen (secondary N) is 1. The molecule has 0 bridgehead atoms. The number of anilines is 1. The van der Waals surface area contributed by atoms with Gasteiger partial charge in [-0.05, 0) is 49.2 Å². The molecule has 2 aromatic heterocycles. The van der Waals surface area contributed by atoms with Gasteiger partial charge in [0.15, 0.2) is 5.13 Å². The normalized spacial score (nSPS) is 19.2. The molecule has 3 heterocycles. The topological polar surface area (TPSA) is 95.5 Å². The van der Waals surface area contributed by atoms with Gasteiger partial charge in [0, 0.05) is 26.2 Å². The number of fused-ring (bicyclic) bond motifs is 1. The van der Waals surface area contributed by atoms with E-state index in [1.807, 2.05) is 7.05 Å². The van der Waals surface area contributed by atoms with Crippen LogP contribution in [-0.4, -0.2) is 66.7 Å². The highest BCUT2D eigenvalue weighted by atomic mass is 35.5. The minimum Gasteiger partial charge on any atom is -0.304 e. The standard InChI is InChI=1S/C26H32ClN5O3S2/c1-31-13-15-32(16-14-31)37(34,35)20-9-7-19(8-10-20)21(17-18-5-3-2-4-6-18)24(33)30-26-28-22-11-12-23(27)29-25(22)36-26/h7-12,18,21H,2-6,13-17H2,1H3,(H,28,30,33). The maximum absolute atomic E-state index is 13.6. The van der Waals surface area contributed by atoms with Crippen molar-refractivity contribution < 1.29 is 13.2 Å². The molecule has 198 valence electrons. The summed E-state index contributed by atoms with van der Waals surface area (Å²) in [4.78, 5) is 25.4. The molecule has 3 aromatic rings. The van der Waals surface area contributed by atoms with Gasteiger partial charge in [-0.15, -0.1) is 0 Å². The second-order valence-electron chi connectivity index (χ2n) is 10.0. The lowest BCUT2D eigenvalue weighted by Crippen LogP contribution is -2.47. The number of amides is 1. The van der Waals surface area contributed by atoms with E-state index in [0.717, 1.165) is 24.8 Å². The van der Waals surface area contributed by atoms with Gasteiger partial charge in [0.2, 0.25) is 15.9 Å². The first-order chi connectivity index (χ1) is 17.8. The van der Waals surface area contributed by atoms with Crippen molar-refractivity contribution >= 4 is 54.3 Å². The zero-order chi connectivity index (χ0) is 26.0. The molecule has 1 unspecified atom stereocenters. The molecule has 1 atom stereocenters. The van der Waals surface area contributed by atoms with Crippen molar-refractivity contribution in [3.05, 3.63) is 47.1 Å². The quantitative estimate of drug-likeness (QED) is 0.409. The van der Waals surface area contributed by atoms with Gasteiger partial charge in [0.05, 0.1) is 10.8 Å². The lowest BCUT2D eigenvalue weighted by Gasteiger charge is -2.31. The molecule has 11 heteroatoms. The summed E-state index contributed by atoms with van der Waals surface area (Å²) in [5.41, 5.74) is 1.51. The first kappa shape index (κ1) is 26.5. The molecule has 1 aliphatic carbocycles. The fourth-order valence-electron chi connectivity index (χ4n) is 5.24. The number of hydrogen-bond acceptors (Lipinski definition) is 7. The number of piperazine rings is 1. The van der Waals surface area contributed by atoms with Crippen LogP contribution in [0, 0.1) is 5.92 Å². The molecule has 1 aliphatic heterocycles. The number of carbonyl (C=O) groups excluding carboxylic acids is 1. The van der Waals surface area contributed by atoms with Crippen LogP contribution in [0.2, 0.25) is 5.15 Å². The molecule has 1 saturated carbocycles. The number of pyridine rings is 1. The van der Waals surface area contributed by atoms with Gasteiger partial charge in [-0.1, -0.05) is 67.2 Å². The Labute approximate surface area is 227 Å². The van der Waals surface area contributed by atoms with Crippen molar-refractivity contribution in [2.45, 2.75) is 49.3 Å². The summed E-state index contributed by atoms with van der Waals surface area (Å²) in [6.45, 7) is 2.40. The van der Waals surface area contributed by atoms with Crippen molar-refractivity contribution in [3.8, 4) is 0 Å². The van der Waals surface area contributed by atoms with Gasteiger partial charge in [-0.25, -0.2) is 18.4 Å². The number of likely N-dealkylation sites (N-methyl/N-ethyl adjacent to an activating group) is 1. The third-order valence-electron chi connectivity index (χ3n) is 7.44. The molecule has 1 amide bonds. The lowest BCUT2D eigenvalue weighted by atomic mass is 9.80. The Morgan fingerprint density at radius 2 is 1.76 bits per heavy atom. The molecular formula is C26H32ClN5O3S2. The van der Waals surface area contributed by atoms with E-state index in [4.69, 9.17) is 11.6 Å². The molecule has 37 heavy (non-hydrogen) atoms. The number of carbonyl (C=O) groups is 1. The van der Waals surface area contributed by atoms with Crippen LogP contribution in [0.1, 0.15) is 50.0 Å². The molecular weight excluding hydrogens is 530 g/mol. The highest BCUT2D eigenvalue weighted by Crippen LogP contribution is 2.35. The van der Waals surface area contributed by atoms with Gasteiger partial charge in [-0.3, -0.25) is 4.79 Å². The van der Waals surface area contributed by atoms with E-state index in [-0.39, 0.29) is 10.8 Å². The molecule has 1 saturated heterocycles. The smallest absolute Gasteiger partial charge is 0.243 e. The van der Waals surface area contributed by atoms with Crippen LogP contribution in [-0.2, 0) is 14.8 Å². The Morgan fingerprint density at radius 1 is 1.05 bits per heavy atom. The number of benzene rings is 1. The summed E-state index contributed by atoms with van der Waals surface area (Å²) in [6, 6.07) is 10.4. The summed E-state index contributed by atoms with van der Waals surface area (Å²) in [5, 5.41) is 3.86. The maximum atomic E-state index is 13.6. The van der Waals surface area contributed by atoms with Crippen LogP contribution in [0.3, 0.4) is 0 Å².